The van der Waals surface area contributed by atoms with Gasteiger partial charge in [-0.3, -0.25) is 4.79 Å². The molecule has 1 amide bonds. The van der Waals surface area contributed by atoms with Crippen LogP contribution in [0.4, 0.5) is 14.6 Å². The molecule has 0 aliphatic rings. The summed E-state index contributed by atoms with van der Waals surface area (Å²) in [5.74, 6) is -0.243. The van der Waals surface area contributed by atoms with Crippen molar-refractivity contribution in [3.8, 4) is 5.75 Å². The number of carbonyl (C=O) groups excluding carboxylic acids is 1. The summed E-state index contributed by atoms with van der Waals surface area (Å²) < 4.78 is 28.1. The first-order valence-electron chi connectivity index (χ1n) is 5.39. The highest BCUT2D eigenvalue weighted by molar-refractivity contribution is 6.28. The van der Waals surface area contributed by atoms with Crippen LogP contribution < -0.4 is 10.1 Å². The molecule has 0 aliphatic carbocycles. The second-order valence-electron chi connectivity index (χ2n) is 3.57. The topological polar surface area (TPSA) is 64.1 Å². The van der Waals surface area contributed by atoms with Crippen LogP contribution in [0.3, 0.4) is 0 Å². The van der Waals surface area contributed by atoms with Crippen molar-refractivity contribution in [2.45, 2.75) is 6.61 Å². The van der Waals surface area contributed by atoms with E-state index in [0.29, 0.717) is 0 Å². The van der Waals surface area contributed by atoms with Gasteiger partial charge in [0.05, 0.1) is 0 Å². The first-order chi connectivity index (χ1) is 9.54. The van der Waals surface area contributed by atoms with Crippen molar-refractivity contribution in [2.75, 3.05) is 5.32 Å². The van der Waals surface area contributed by atoms with E-state index >= 15 is 0 Å². The molecule has 1 heterocycles. The van der Waals surface area contributed by atoms with Gasteiger partial charge in [-0.2, -0.15) is 8.78 Å². The molecular formula is C12H8ClF2N3O2. The number of carbonyl (C=O) groups is 1. The summed E-state index contributed by atoms with van der Waals surface area (Å²) >= 11 is 5.58. The highest BCUT2D eigenvalue weighted by Gasteiger charge is 2.09. The molecule has 0 radical (unpaired) electrons. The van der Waals surface area contributed by atoms with Crippen molar-refractivity contribution in [3.05, 3.63) is 47.4 Å². The number of nitrogens with one attached hydrogen (secondary N) is 1. The predicted octanol–water partition coefficient (Wildman–Crippen LogP) is 2.98. The van der Waals surface area contributed by atoms with Crippen LogP contribution in [0.15, 0.2) is 36.5 Å². The van der Waals surface area contributed by atoms with E-state index in [-0.39, 0.29) is 22.4 Å². The molecule has 0 unspecified atom stereocenters. The molecule has 5 nitrogen and oxygen atoms in total. The largest absolute Gasteiger partial charge is 0.435 e. The fraction of sp³-hybridized carbons (Fsp3) is 0.0833. The SMILES string of the molecule is O=C(Nc1ccnc(Cl)n1)c1ccc(OC(F)F)cc1. The Bertz CT molecular complexity index is 608. The maximum atomic E-state index is 12.0. The number of alkyl halides is 2. The number of anilines is 1. The molecule has 20 heavy (non-hydrogen) atoms. The Hall–Kier alpha value is -2.28. The Labute approximate surface area is 117 Å². The van der Waals surface area contributed by atoms with Crippen LogP contribution in [0.2, 0.25) is 5.28 Å². The van der Waals surface area contributed by atoms with E-state index in [0.717, 1.165) is 0 Å². The van der Waals surface area contributed by atoms with E-state index in [1.807, 2.05) is 0 Å². The fourth-order valence-corrected chi connectivity index (χ4v) is 1.53. The van der Waals surface area contributed by atoms with E-state index in [1.165, 1.54) is 36.5 Å². The summed E-state index contributed by atoms with van der Waals surface area (Å²) in [5.41, 5.74) is 0.265. The first kappa shape index (κ1) is 14.1. The quantitative estimate of drug-likeness (QED) is 0.882. The molecule has 0 saturated heterocycles. The third-order valence-corrected chi connectivity index (χ3v) is 2.39. The average molecular weight is 300 g/mol. The predicted molar refractivity (Wildman–Crippen MR) is 68.1 cm³/mol. The molecule has 2 aromatic rings. The second-order valence-corrected chi connectivity index (χ2v) is 3.91. The van der Waals surface area contributed by atoms with Crippen LogP contribution in [-0.4, -0.2) is 22.5 Å². The summed E-state index contributed by atoms with van der Waals surface area (Å²) in [6, 6.07) is 6.73. The Morgan fingerprint density at radius 3 is 2.55 bits per heavy atom. The zero-order valence-corrected chi connectivity index (χ0v) is 10.6. The number of rotatable bonds is 4. The standard InChI is InChI=1S/C12H8ClF2N3O2/c13-11-16-6-5-9(18-11)17-10(19)7-1-3-8(4-2-7)20-12(14)15/h1-6,12H,(H,16,17,18,19). The Morgan fingerprint density at radius 2 is 1.95 bits per heavy atom. The third-order valence-electron chi connectivity index (χ3n) is 2.21. The summed E-state index contributed by atoms with van der Waals surface area (Å²) in [6.07, 6.45) is 1.39. The van der Waals surface area contributed by atoms with E-state index in [1.54, 1.807) is 0 Å². The molecule has 1 aromatic heterocycles. The number of hydrogen-bond acceptors (Lipinski definition) is 4. The number of hydrogen-bond donors (Lipinski definition) is 1. The minimum Gasteiger partial charge on any atom is -0.435 e. The molecule has 2 rings (SSSR count). The van der Waals surface area contributed by atoms with Gasteiger partial charge in [0.15, 0.2) is 0 Å². The lowest BCUT2D eigenvalue weighted by Crippen LogP contribution is -2.13. The van der Waals surface area contributed by atoms with Crippen LogP contribution in [0.25, 0.3) is 0 Å². The van der Waals surface area contributed by atoms with Crippen molar-refractivity contribution < 1.29 is 18.3 Å². The summed E-state index contributed by atoms with van der Waals surface area (Å²) in [5, 5.41) is 2.50. The van der Waals surface area contributed by atoms with E-state index < -0.39 is 12.5 Å². The lowest BCUT2D eigenvalue weighted by atomic mass is 10.2. The molecule has 1 N–H and O–H groups in total. The van der Waals surface area contributed by atoms with Crippen molar-refractivity contribution in [1.29, 1.82) is 0 Å². The summed E-state index contributed by atoms with van der Waals surface area (Å²) in [6.45, 7) is -2.90. The monoisotopic (exact) mass is 299 g/mol. The van der Waals surface area contributed by atoms with Gasteiger partial charge in [-0.05, 0) is 41.9 Å². The molecule has 8 heteroatoms. The van der Waals surface area contributed by atoms with E-state index in [9.17, 15) is 13.6 Å². The lowest BCUT2D eigenvalue weighted by Gasteiger charge is -2.06. The number of aromatic nitrogens is 2. The number of nitrogens with zero attached hydrogens (tertiary/aromatic N) is 2. The van der Waals surface area contributed by atoms with Gasteiger partial charge in [-0.1, -0.05) is 0 Å². The maximum Gasteiger partial charge on any atom is 0.387 e. The van der Waals surface area contributed by atoms with Gasteiger partial charge in [-0.15, -0.1) is 0 Å². The van der Waals surface area contributed by atoms with Gasteiger partial charge < -0.3 is 10.1 Å². The van der Waals surface area contributed by atoms with Crippen LogP contribution >= 0.6 is 11.6 Å². The normalized spacial score (nSPS) is 10.4. The van der Waals surface area contributed by atoms with Gasteiger partial charge in [0.2, 0.25) is 5.28 Å². The third kappa shape index (κ3) is 3.86. The minimum atomic E-state index is -2.90. The van der Waals surface area contributed by atoms with Crippen molar-refractivity contribution in [1.82, 2.24) is 9.97 Å². The zero-order chi connectivity index (χ0) is 14.5. The molecular weight excluding hydrogens is 292 g/mol. The van der Waals surface area contributed by atoms with Crippen LogP contribution in [0.5, 0.6) is 5.75 Å². The van der Waals surface area contributed by atoms with Crippen LogP contribution in [-0.2, 0) is 0 Å². The summed E-state index contributed by atoms with van der Waals surface area (Å²) in [7, 11) is 0. The highest BCUT2D eigenvalue weighted by Crippen LogP contribution is 2.16. The van der Waals surface area contributed by atoms with Crippen molar-refractivity contribution in [3.63, 3.8) is 0 Å². The number of halogens is 3. The molecule has 0 bridgehead atoms. The van der Waals surface area contributed by atoms with Gasteiger partial charge in [0.1, 0.15) is 11.6 Å². The second kappa shape index (κ2) is 6.25. The van der Waals surface area contributed by atoms with Crippen molar-refractivity contribution in [2.24, 2.45) is 0 Å². The molecule has 0 saturated carbocycles. The molecule has 0 atom stereocenters. The number of benzene rings is 1. The van der Waals surface area contributed by atoms with Gasteiger partial charge in [0.25, 0.3) is 5.91 Å². The van der Waals surface area contributed by atoms with E-state index in [4.69, 9.17) is 11.6 Å². The lowest BCUT2D eigenvalue weighted by molar-refractivity contribution is -0.0498. The zero-order valence-electron chi connectivity index (χ0n) is 9.89. The molecule has 0 spiro atoms. The van der Waals surface area contributed by atoms with Crippen LogP contribution in [0.1, 0.15) is 10.4 Å². The Kier molecular flexibility index (Phi) is 4.41. The minimum absolute atomic E-state index is 0.00322. The molecule has 104 valence electrons. The number of amides is 1. The Morgan fingerprint density at radius 1 is 1.25 bits per heavy atom. The highest BCUT2D eigenvalue weighted by atomic mass is 35.5. The van der Waals surface area contributed by atoms with E-state index in [2.05, 4.69) is 20.0 Å². The van der Waals surface area contributed by atoms with Crippen LogP contribution in [0, 0.1) is 0 Å². The molecule has 0 fully saturated rings. The van der Waals surface area contributed by atoms with Crippen molar-refractivity contribution >= 4 is 23.3 Å². The number of ether oxygens (including phenoxy) is 1. The maximum absolute atomic E-state index is 12.0. The van der Waals surface area contributed by atoms with Gasteiger partial charge in [-0.25, -0.2) is 9.97 Å². The van der Waals surface area contributed by atoms with Gasteiger partial charge in [0, 0.05) is 11.8 Å². The molecule has 0 aliphatic heterocycles. The molecule has 1 aromatic carbocycles. The summed E-state index contributed by atoms with van der Waals surface area (Å²) in [4.78, 5) is 19.3. The smallest absolute Gasteiger partial charge is 0.387 e. The Balaban J connectivity index is 2.06. The first-order valence-corrected chi connectivity index (χ1v) is 5.77. The average Bonchev–Trinajstić information content (AvgIpc) is 2.38. The van der Waals surface area contributed by atoms with Gasteiger partial charge >= 0.3 is 6.61 Å². The fourth-order valence-electron chi connectivity index (χ4n) is 1.38.